The molecule has 1 unspecified atom stereocenters. The zero-order valence-corrected chi connectivity index (χ0v) is 38.4. The number of nitro benzene ring substituents is 1. The second-order valence-electron chi connectivity index (χ2n) is 18.7. The van der Waals surface area contributed by atoms with Crippen LogP contribution in [0, 0.1) is 33.8 Å². The Balaban J connectivity index is 1.20. The van der Waals surface area contributed by atoms with Gasteiger partial charge < -0.3 is 48.7 Å². The molecule has 4 aliphatic rings. The number of Topliss-reactive ketones (excluding diaryl/α,β-unsaturated/α-hetero) is 1. The Labute approximate surface area is 374 Å². The molecule has 0 radical (unpaired) electrons. The molecule has 19 heteroatoms. The molecule has 4 aliphatic heterocycles. The number of ketones is 1. The summed E-state index contributed by atoms with van der Waals surface area (Å²) in [5.74, 6) is -4.81. The lowest BCUT2D eigenvalue weighted by atomic mass is 9.75. The van der Waals surface area contributed by atoms with E-state index in [-0.39, 0.29) is 31.2 Å². The van der Waals surface area contributed by atoms with Gasteiger partial charge in [-0.3, -0.25) is 24.4 Å². The number of carbonyl (C=O) groups excluding carboxylic acids is 2. The summed E-state index contributed by atoms with van der Waals surface area (Å²) in [6, 6.07) is 6.02. The average Bonchev–Trinajstić information content (AvgIpc) is 3.92. The largest absolute Gasteiger partial charge is 0.459 e. The van der Waals surface area contributed by atoms with Gasteiger partial charge in [-0.25, -0.2) is 0 Å². The van der Waals surface area contributed by atoms with E-state index in [1.807, 2.05) is 32.0 Å². The summed E-state index contributed by atoms with van der Waals surface area (Å²) in [4.78, 5) is 46.6. The lowest BCUT2D eigenvalue weighted by Crippen LogP contribution is -2.59. The standard InChI is InChI=1S/C45H68N6O13/c1-9-35-45(7,56)40(54)27(3)37(47-64-36-12-10-11-21-59-36)31-23-44(6,60-25-31)41(28(4)38(52)29(5)42(55)62-35)63-43-39(53)34(22-26(2)61-43)49(8)19-18-32-24-50(48-46-32)20-17-30-13-15-33(16-14-30)51(57)58/h13-16,24,26-29,31,34-36,39-41,43,53-54,56H,9-12,17-23,25H2,1-8H3/b47-37-/t26-,27+,28+,29-,31+,34+,35-,36?,39-,40-,41-,43+,44-,45-/m1/s1. The van der Waals surface area contributed by atoms with Crippen molar-refractivity contribution in [2.75, 3.05) is 26.8 Å². The Morgan fingerprint density at radius 3 is 2.48 bits per heavy atom. The van der Waals surface area contributed by atoms with Gasteiger partial charge in [-0.15, -0.1) is 5.10 Å². The van der Waals surface area contributed by atoms with Gasteiger partial charge in [-0.05, 0) is 78.8 Å². The molecule has 0 aliphatic carbocycles. The number of esters is 1. The zero-order chi connectivity index (χ0) is 46.5. The number of fused-ring (bicyclic) bond motifs is 2. The highest BCUT2D eigenvalue weighted by molar-refractivity contribution is 6.00. The summed E-state index contributed by atoms with van der Waals surface area (Å²) in [7, 11) is 1.91. The van der Waals surface area contributed by atoms with Crippen LogP contribution >= 0.6 is 0 Å². The van der Waals surface area contributed by atoms with Crippen molar-refractivity contribution in [1.29, 1.82) is 0 Å². The van der Waals surface area contributed by atoms with Crippen LogP contribution in [0.2, 0.25) is 0 Å². The first-order valence-corrected chi connectivity index (χ1v) is 22.8. The Morgan fingerprint density at radius 1 is 1.08 bits per heavy atom. The smallest absolute Gasteiger partial charge is 0.316 e. The molecule has 4 saturated heterocycles. The maximum Gasteiger partial charge on any atom is 0.316 e. The van der Waals surface area contributed by atoms with Crippen LogP contribution in [0.3, 0.4) is 0 Å². The monoisotopic (exact) mass is 900 g/mol. The number of carbonyl (C=O) groups is 2. The van der Waals surface area contributed by atoms with E-state index in [1.54, 1.807) is 37.6 Å². The molecule has 14 atom stereocenters. The van der Waals surface area contributed by atoms with E-state index in [0.717, 1.165) is 24.1 Å². The summed E-state index contributed by atoms with van der Waals surface area (Å²) < 4.78 is 33.0. The van der Waals surface area contributed by atoms with E-state index in [0.29, 0.717) is 51.1 Å². The minimum atomic E-state index is -1.93. The number of aromatic nitrogens is 3. The van der Waals surface area contributed by atoms with Crippen molar-refractivity contribution in [2.24, 2.45) is 28.8 Å². The first kappa shape index (κ1) is 49.5. The van der Waals surface area contributed by atoms with Crippen molar-refractivity contribution in [3.63, 3.8) is 0 Å². The number of aliphatic hydroxyl groups excluding tert-OH is 2. The fraction of sp³-hybridized carbons (Fsp3) is 0.756. The predicted molar refractivity (Wildman–Crippen MR) is 231 cm³/mol. The number of likely N-dealkylation sites (N-methyl/N-ethyl adjacent to an activating group) is 1. The predicted octanol–water partition coefficient (Wildman–Crippen LogP) is 3.77. The summed E-state index contributed by atoms with van der Waals surface area (Å²) >= 11 is 0. The van der Waals surface area contributed by atoms with Crippen LogP contribution in [-0.4, -0.2) is 145 Å². The van der Waals surface area contributed by atoms with Crippen molar-refractivity contribution < 1.29 is 58.4 Å². The number of non-ortho nitro benzene ring substituents is 1. The van der Waals surface area contributed by atoms with E-state index in [4.69, 9.17) is 28.5 Å². The van der Waals surface area contributed by atoms with Crippen LogP contribution in [0.15, 0.2) is 35.6 Å². The highest BCUT2D eigenvalue weighted by atomic mass is 16.8. The van der Waals surface area contributed by atoms with E-state index < -0.39 is 94.6 Å². The normalized spacial score (nSPS) is 37.3. The SMILES string of the molecule is CC[C@H]1OC(=O)[C@H](C)C(=O)[C@H](C)[C@@H](O[C@@H]2O[C@H](C)C[C@H](N(C)CCc3cn(CCc4ccc([N+](=O)[O-])cc4)nn3)[C@H]2O)[C@@]2(C)C[C@@H](CO2)/C(=N\OC2CCCCO2)[C@H](C)[C@@H](O)[C@]1(C)O. The third-order valence-corrected chi connectivity index (χ3v) is 13.7. The molecule has 0 saturated carbocycles. The lowest BCUT2D eigenvalue weighted by molar-refractivity contribution is -0.384. The molecule has 0 amide bonds. The topological polar surface area (TPSA) is 240 Å². The molecule has 0 spiro atoms. The number of nitrogens with zero attached hydrogens (tertiary/aromatic N) is 6. The minimum Gasteiger partial charge on any atom is -0.459 e. The molecule has 6 rings (SSSR count). The Morgan fingerprint density at radius 2 is 1.81 bits per heavy atom. The number of hydrogen-bond acceptors (Lipinski definition) is 17. The molecule has 19 nitrogen and oxygen atoms in total. The first-order valence-electron chi connectivity index (χ1n) is 22.8. The number of rotatable bonds is 13. The maximum absolute atomic E-state index is 14.3. The van der Waals surface area contributed by atoms with Gasteiger partial charge in [0.05, 0.1) is 53.5 Å². The highest BCUT2D eigenvalue weighted by Crippen LogP contribution is 2.43. The second-order valence-corrected chi connectivity index (χ2v) is 18.7. The fourth-order valence-electron chi connectivity index (χ4n) is 9.67. The van der Waals surface area contributed by atoms with Gasteiger partial charge in [0, 0.05) is 68.1 Å². The number of aliphatic hydroxyl groups is 3. The Hall–Kier alpha value is -3.95. The van der Waals surface area contributed by atoms with Crippen LogP contribution in [0.25, 0.3) is 0 Å². The van der Waals surface area contributed by atoms with Crippen LogP contribution in [0.1, 0.15) is 98.2 Å². The Bertz CT molecular complexity index is 1920. The van der Waals surface area contributed by atoms with E-state index >= 15 is 0 Å². The number of benzene rings is 1. The van der Waals surface area contributed by atoms with Crippen LogP contribution in [0.4, 0.5) is 5.69 Å². The van der Waals surface area contributed by atoms with Crippen LogP contribution in [-0.2, 0) is 57.5 Å². The number of aryl methyl sites for hydroxylation is 2. The molecule has 1 aromatic heterocycles. The molecule has 4 fully saturated rings. The van der Waals surface area contributed by atoms with Gasteiger partial charge in [-0.2, -0.15) is 0 Å². The quantitative estimate of drug-likeness (QED) is 0.112. The summed E-state index contributed by atoms with van der Waals surface area (Å²) in [5, 5.41) is 59.8. The summed E-state index contributed by atoms with van der Waals surface area (Å²) in [6.07, 6.45) is -0.531. The van der Waals surface area contributed by atoms with Crippen molar-refractivity contribution in [3.8, 4) is 0 Å². The third-order valence-electron chi connectivity index (χ3n) is 13.7. The minimum absolute atomic E-state index is 0.0402. The van der Waals surface area contributed by atoms with Gasteiger partial charge in [-0.1, -0.05) is 43.3 Å². The number of ether oxygens (including phenoxy) is 5. The van der Waals surface area contributed by atoms with E-state index in [9.17, 15) is 35.0 Å². The van der Waals surface area contributed by atoms with Gasteiger partial charge in [0.1, 0.15) is 23.7 Å². The van der Waals surface area contributed by atoms with E-state index in [2.05, 4.69) is 15.5 Å². The van der Waals surface area contributed by atoms with Crippen molar-refractivity contribution >= 4 is 23.2 Å². The number of oxime groups is 1. The van der Waals surface area contributed by atoms with Crippen molar-refractivity contribution in [3.05, 3.63) is 51.8 Å². The van der Waals surface area contributed by atoms with Crippen molar-refractivity contribution in [1.82, 2.24) is 19.9 Å². The molecular weight excluding hydrogens is 833 g/mol. The van der Waals surface area contributed by atoms with Crippen LogP contribution in [0.5, 0.6) is 0 Å². The van der Waals surface area contributed by atoms with Crippen LogP contribution < -0.4 is 0 Å². The first-order chi connectivity index (χ1) is 30.3. The zero-order valence-electron chi connectivity index (χ0n) is 38.4. The molecule has 3 N–H and O–H groups in total. The summed E-state index contributed by atoms with van der Waals surface area (Å²) in [6.45, 7) is 13.4. The molecule has 2 bridgehead atoms. The van der Waals surface area contributed by atoms with E-state index in [1.165, 1.54) is 26.0 Å². The molecule has 5 heterocycles. The highest BCUT2D eigenvalue weighted by Gasteiger charge is 2.55. The molecule has 356 valence electrons. The number of cyclic esters (lactones) is 1. The van der Waals surface area contributed by atoms with Gasteiger partial charge in [0.25, 0.3) is 5.69 Å². The maximum atomic E-state index is 14.3. The third kappa shape index (κ3) is 11.3. The second kappa shape index (κ2) is 21.1. The lowest BCUT2D eigenvalue weighted by Gasteiger charge is -2.46. The molecule has 2 aromatic rings. The van der Waals surface area contributed by atoms with Gasteiger partial charge in [0.2, 0.25) is 6.29 Å². The van der Waals surface area contributed by atoms with Gasteiger partial charge >= 0.3 is 5.97 Å². The molecular formula is C45H68N6O13. The fourth-order valence-corrected chi connectivity index (χ4v) is 9.67. The Kier molecular flexibility index (Phi) is 16.3. The van der Waals surface area contributed by atoms with Gasteiger partial charge in [0.15, 0.2) is 12.1 Å². The average molecular weight is 901 g/mol. The summed E-state index contributed by atoms with van der Waals surface area (Å²) in [5.41, 5.74) is -0.956. The number of nitro groups is 1. The molecule has 1 aromatic carbocycles. The molecule has 64 heavy (non-hydrogen) atoms. The number of hydrogen-bond donors (Lipinski definition) is 3. The van der Waals surface area contributed by atoms with Crippen molar-refractivity contribution in [2.45, 2.75) is 167 Å².